The van der Waals surface area contributed by atoms with Crippen LogP contribution in [0.5, 0.6) is 0 Å². The van der Waals surface area contributed by atoms with Crippen molar-refractivity contribution in [3.63, 3.8) is 0 Å². The third-order valence-electron chi connectivity index (χ3n) is 5.82. The lowest BCUT2D eigenvalue weighted by Gasteiger charge is -2.23. The molecule has 4 N–H and O–H groups in total. The van der Waals surface area contributed by atoms with E-state index in [2.05, 4.69) is 37.3 Å². The summed E-state index contributed by atoms with van der Waals surface area (Å²) in [5.41, 5.74) is 7.48. The highest BCUT2D eigenvalue weighted by atomic mass is 16.5. The van der Waals surface area contributed by atoms with Crippen molar-refractivity contribution in [2.24, 2.45) is 0 Å². The molecule has 0 bridgehead atoms. The van der Waals surface area contributed by atoms with E-state index in [-0.39, 0.29) is 36.0 Å². The highest BCUT2D eigenvalue weighted by molar-refractivity contribution is 5.84. The van der Waals surface area contributed by atoms with Crippen LogP contribution in [0, 0.1) is 18.8 Å². The molecule has 1 atom stereocenters. The molecular weight excluding hydrogens is 448 g/mol. The monoisotopic (exact) mass is 472 g/mol. The first-order valence-electron chi connectivity index (χ1n) is 11.3. The number of anilines is 2. The average Bonchev–Trinajstić information content (AvgIpc) is 3.60. The highest BCUT2D eigenvalue weighted by Gasteiger charge is 2.32. The Balaban J connectivity index is 1.65. The van der Waals surface area contributed by atoms with Crippen LogP contribution in [0.1, 0.15) is 55.5 Å². The molecule has 0 saturated heterocycles. The number of benzene rings is 1. The first-order chi connectivity index (χ1) is 17.0. The van der Waals surface area contributed by atoms with Gasteiger partial charge in [0.2, 0.25) is 0 Å². The molecule has 4 aromatic rings. The van der Waals surface area contributed by atoms with Crippen LogP contribution in [-0.2, 0) is 0 Å². The van der Waals surface area contributed by atoms with Gasteiger partial charge in [0.05, 0.1) is 16.9 Å². The summed E-state index contributed by atoms with van der Waals surface area (Å²) in [6, 6.07) is 5.07. The lowest BCUT2D eigenvalue weighted by molar-refractivity contribution is 0.350. The van der Waals surface area contributed by atoms with Gasteiger partial charge in [0, 0.05) is 11.6 Å². The molecule has 1 saturated carbocycles. The second kappa shape index (κ2) is 9.15. The number of nitrogens with two attached hydrogens (primary N) is 1. The van der Waals surface area contributed by atoms with E-state index in [9.17, 15) is 4.79 Å². The lowest BCUT2D eigenvalue weighted by atomic mass is 10.1. The zero-order valence-corrected chi connectivity index (χ0v) is 19.3. The third-order valence-corrected chi connectivity index (χ3v) is 5.82. The van der Waals surface area contributed by atoms with Crippen LogP contribution >= 0.6 is 0 Å². The molecule has 0 unspecified atom stereocenters. The fourth-order valence-electron chi connectivity index (χ4n) is 4.06. The smallest absolute Gasteiger partial charge is 0.265 e. The molecule has 1 fully saturated rings. The molecule has 0 radical (unpaired) electrons. The van der Waals surface area contributed by atoms with Gasteiger partial charge in [0.15, 0.2) is 5.82 Å². The minimum absolute atomic E-state index is 0.0673. The fourth-order valence-corrected chi connectivity index (χ4v) is 4.06. The van der Waals surface area contributed by atoms with E-state index in [0.29, 0.717) is 45.9 Å². The number of fused-ring (bicyclic) bond motifs is 1. The first-order valence-corrected chi connectivity index (χ1v) is 11.3. The number of aryl methyl sites for hydroxylation is 1. The Morgan fingerprint density at radius 2 is 2.14 bits per heavy atom. The Hall–Kier alpha value is -4.30. The standard InChI is InChI=1S/C24H24N8O3/c1-3-16(29-21-19(20(25)26-12-27-21)23-28-13(2)31-35-23)22-30-17-8-4-6-14(7-5-11-33)18(17)24(34)32(22)15-9-10-15/h4,6,8,12,15-16,33H,3,9-11H2,1-2H3,(H3,25,26,27,29)/t16-/m0/s1. The summed E-state index contributed by atoms with van der Waals surface area (Å²) in [6.07, 6.45) is 3.76. The van der Waals surface area contributed by atoms with Gasteiger partial charge >= 0.3 is 0 Å². The fraction of sp³-hybridized carbons (Fsp3) is 0.333. The molecule has 11 nitrogen and oxygen atoms in total. The maximum atomic E-state index is 13.7. The van der Waals surface area contributed by atoms with Crippen molar-refractivity contribution in [1.29, 1.82) is 0 Å². The van der Waals surface area contributed by atoms with Gasteiger partial charge in [-0.2, -0.15) is 4.98 Å². The summed E-state index contributed by atoms with van der Waals surface area (Å²) in [4.78, 5) is 31.3. The van der Waals surface area contributed by atoms with Crippen LogP contribution in [0.4, 0.5) is 11.6 Å². The van der Waals surface area contributed by atoms with Gasteiger partial charge in [0.25, 0.3) is 11.4 Å². The summed E-state index contributed by atoms with van der Waals surface area (Å²) >= 11 is 0. The zero-order chi connectivity index (χ0) is 24.5. The van der Waals surface area contributed by atoms with E-state index in [1.165, 1.54) is 6.33 Å². The van der Waals surface area contributed by atoms with Gasteiger partial charge in [0.1, 0.15) is 36.0 Å². The Kier molecular flexibility index (Phi) is 5.88. The second-order valence-electron chi connectivity index (χ2n) is 8.27. The minimum Gasteiger partial charge on any atom is -0.384 e. The summed E-state index contributed by atoms with van der Waals surface area (Å²) in [7, 11) is 0. The van der Waals surface area contributed by atoms with Crippen molar-refractivity contribution < 1.29 is 9.63 Å². The number of nitrogens with zero attached hydrogens (tertiary/aromatic N) is 6. The van der Waals surface area contributed by atoms with Gasteiger partial charge in [-0.05, 0) is 38.3 Å². The Bertz CT molecular complexity index is 1530. The van der Waals surface area contributed by atoms with E-state index in [4.69, 9.17) is 20.3 Å². The number of aliphatic hydroxyl groups excluding tert-OH is 1. The van der Waals surface area contributed by atoms with Crippen LogP contribution in [0.2, 0.25) is 0 Å². The Morgan fingerprint density at radius 1 is 1.31 bits per heavy atom. The molecule has 0 amide bonds. The second-order valence-corrected chi connectivity index (χ2v) is 8.27. The van der Waals surface area contributed by atoms with Crippen molar-refractivity contribution >= 4 is 22.5 Å². The van der Waals surface area contributed by atoms with Crippen LogP contribution in [0.3, 0.4) is 0 Å². The van der Waals surface area contributed by atoms with Crippen LogP contribution < -0.4 is 16.6 Å². The molecule has 1 aliphatic carbocycles. The molecule has 1 aliphatic rings. The minimum atomic E-state index is -0.364. The maximum absolute atomic E-state index is 13.7. The van der Waals surface area contributed by atoms with Crippen molar-refractivity contribution in [3.8, 4) is 23.3 Å². The van der Waals surface area contributed by atoms with E-state index in [1.54, 1.807) is 29.7 Å². The van der Waals surface area contributed by atoms with Crippen LogP contribution in [0.25, 0.3) is 22.4 Å². The zero-order valence-electron chi connectivity index (χ0n) is 19.3. The summed E-state index contributed by atoms with van der Waals surface area (Å²) in [6.45, 7) is 3.42. The predicted octanol–water partition coefficient (Wildman–Crippen LogP) is 2.37. The van der Waals surface area contributed by atoms with E-state index in [0.717, 1.165) is 12.8 Å². The van der Waals surface area contributed by atoms with Crippen molar-refractivity contribution in [3.05, 3.63) is 52.1 Å². The van der Waals surface area contributed by atoms with E-state index in [1.807, 2.05) is 6.92 Å². The predicted molar refractivity (Wildman–Crippen MR) is 129 cm³/mol. The molecule has 0 aliphatic heterocycles. The largest absolute Gasteiger partial charge is 0.384 e. The van der Waals surface area contributed by atoms with Crippen molar-refractivity contribution in [1.82, 2.24) is 29.7 Å². The van der Waals surface area contributed by atoms with E-state index < -0.39 is 0 Å². The van der Waals surface area contributed by atoms with Crippen LogP contribution in [-0.4, -0.2) is 41.4 Å². The summed E-state index contributed by atoms with van der Waals surface area (Å²) in [5.74, 6) is 7.38. The number of rotatable bonds is 6. The van der Waals surface area contributed by atoms with Crippen molar-refractivity contribution in [2.45, 2.75) is 45.2 Å². The Morgan fingerprint density at radius 3 is 2.83 bits per heavy atom. The summed E-state index contributed by atoms with van der Waals surface area (Å²) in [5, 5.41) is 16.8. The third kappa shape index (κ3) is 4.20. The molecule has 1 aromatic carbocycles. The molecule has 178 valence electrons. The lowest BCUT2D eigenvalue weighted by Crippen LogP contribution is -2.29. The number of aromatic nitrogens is 6. The molecule has 11 heteroatoms. The molecule has 35 heavy (non-hydrogen) atoms. The number of nitrogens with one attached hydrogen (secondary N) is 1. The normalized spacial score (nSPS) is 13.9. The Labute approximate surface area is 200 Å². The maximum Gasteiger partial charge on any atom is 0.265 e. The van der Waals surface area contributed by atoms with Gasteiger partial charge in [-0.25, -0.2) is 15.0 Å². The SMILES string of the molecule is CC[C@H](Nc1ncnc(N)c1-c1nc(C)no1)c1nc2cccc(C#CCO)c2c(=O)n1C1CC1. The first kappa shape index (κ1) is 22.5. The topological polar surface area (TPSA) is 158 Å². The van der Waals surface area contributed by atoms with Crippen molar-refractivity contribution in [2.75, 3.05) is 17.7 Å². The van der Waals surface area contributed by atoms with Gasteiger partial charge in [-0.15, -0.1) is 0 Å². The summed E-state index contributed by atoms with van der Waals surface area (Å²) < 4.78 is 7.08. The average molecular weight is 473 g/mol. The quantitative estimate of drug-likeness (QED) is 0.356. The molecule has 3 aromatic heterocycles. The molecule has 3 heterocycles. The van der Waals surface area contributed by atoms with Crippen LogP contribution in [0.15, 0.2) is 33.8 Å². The number of aliphatic hydroxyl groups is 1. The molecular formula is C24H24N8O3. The number of nitrogen functional groups attached to an aromatic ring is 1. The number of hydrogen-bond donors (Lipinski definition) is 3. The molecule has 0 spiro atoms. The van der Waals surface area contributed by atoms with Gasteiger partial charge < -0.3 is 20.7 Å². The van der Waals surface area contributed by atoms with E-state index >= 15 is 0 Å². The number of hydrogen-bond acceptors (Lipinski definition) is 10. The molecule has 5 rings (SSSR count). The highest BCUT2D eigenvalue weighted by Crippen LogP contribution is 2.38. The van der Waals surface area contributed by atoms with Gasteiger partial charge in [-0.3, -0.25) is 9.36 Å². The van der Waals surface area contributed by atoms with Gasteiger partial charge in [-0.1, -0.05) is 30.0 Å².